The molecule has 10 heteroatoms. The highest BCUT2D eigenvalue weighted by Gasteiger charge is 2.33. The van der Waals surface area contributed by atoms with Crippen LogP contribution < -0.4 is 0 Å². The molecule has 2 aromatic carbocycles. The molecule has 8 nitrogen and oxygen atoms in total. The van der Waals surface area contributed by atoms with Gasteiger partial charge in [0.25, 0.3) is 5.91 Å². The van der Waals surface area contributed by atoms with Gasteiger partial charge in [-0.05, 0) is 117 Å². The Morgan fingerprint density at radius 2 is 1.51 bits per heavy atom. The maximum absolute atomic E-state index is 13.5. The van der Waals surface area contributed by atoms with Crippen LogP contribution in [-0.2, 0) is 22.5 Å². The first-order chi connectivity index (χ1) is 21.8. The molecule has 0 radical (unpaired) electrons. The zero-order valence-corrected chi connectivity index (χ0v) is 25.0. The summed E-state index contributed by atoms with van der Waals surface area (Å²) in [5.41, 5.74) is 5.55. The molecule has 1 N–H and O–H groups in total. The predicted octanol–water partition coefficient (Wildman–Crippen LogP) is 6.77. The Labute approximate surface area is 260 Å². The molecular formula is C35H35F2N3O5. The van der Waals surface area contributed by atoms with Gasteiger partial charge in [0.15, 0.2) is 0 Å². The third kappa shape index (κ3) is 6.95. The maximum Gasteiger partial charge on any atom is 0.340 e. The maximum atomic E-state index is 13.5. The number of esters is 1. The lowest BCUT2D eigenvalue weighted by Gasteiger charge is -2.33. The largest absolute Gasteiger partial charge is 0.480 e. The fourth-order valence-corrected chi connectivity index (χ4v) is 6.06. The van der Waals surface area contributed by atoms with Crippen molar-refractivity contribution in [2.45, 2.75) is 58.0 Å². The number of carbonyl (C=O) groups excluding carboxylic acids is 2. The van der Waals surface area contributed by atoms with Gasteiger partial charge in [-0.3, -0.25) is 9.78 Å². The van der Waals surface area contributed by atoms with Gasteiger partial charge in [-0.25, -0.2) is 18.4 Å². The summed E-state index contributed by atoms with van der Waals surface area (Å²) in [5, 5.41) is 9.09. The van der Waals surface area contributed by atoms with Crippen LogP contribution >= 0.6 is 0 Å². The molecule has 1 fully saturated rings. The number of carbonyl (C=O) groups is 3. The first-order valence-electron chi connectivity index (χ1n) is 15.2. The van der Waals surface area contributed by atoms with Crippen LogP contribution in [0, 0.1) is 11.6 Å². The van der Waals surface area contributed by atoms with Crippen molar-refractivity contribution < 1.29 is 33.0 Å². The van der Waals surface area contributed by atoms with Crippen molar-refractivity contribution in [2.24, 2.45) is 0 Å². The predicted molar refractivity (Wildman–Crippen MR) is 165 cm³/mol. The molecule has 1 atom stereocenters. The lowest BCUT2D eigenvalue weighted by molar-refractivity contribution is -0.143. The van der Waals surface area contributed by atoms with Crippen LogP contribution in [0.15, 0.2) is 73.1 Å². The molecule has 1 amide bonds. The number of aromatic nitrogens is 2. The van der Waals surface area contributed by atoms with Crippen LogP contribution in [0.2, 0.25) is 0 Å². The second-order valence-electron chi connectivity index (χ2n) is 11.0. The Hall–Kier alpha value is -4.86. The highest BCUT2D eigenvalue weighted by Crippen LogP contribution is 2.42. The van der Waals surface area contributed by atoms with Crippen LogP contribution in [0.1, 0.15) is 65.4 Å². The van der Waals surface area contributed by atoms with Crippen molar-refractivity contribution in [3.8, 4) is 22.4 Å². The lowest BCUT2D eigenvalue weighted by atomic mass is 9.97. The van der Waals surface area contributed by atoms with Crippen molar-refractivity contribution in [1.82, 2.24) is 14.5 Å². The second kappa shape index (κ2) is 14.3. The Morgan fingerprint density at radius 1 is 0.867 bits per heavy atom. The normalized spacial score (nSPS) is 15.8. The second-order valence-corrected chi connectivity index (χ2v) is 11.0. The summed E-state index contributed by atoms with van der Waals surface area (Å²) in [5.74, 6) is -2.32. The van der Waals surface area contributed by atoms with E-state index in [2.05, 4.69) is 9.55 Å². The van der Waals surface area contributed by atoms with E-state index in [1.165, 1.54) is 41.3 Å². The molecule has 45 heavy (non-hydrogen) atoms. The summed E-state index contributed by atoms with van der Waals surface area (Å²) in [4.78, 5) is 41.6. The van der Waals surface area contributed by atoms with Gasteiger partial charge in [-0.2, -0.15) is 0 Å². The van der Waals surface area contributed by atoms with Crippen molar-refractivity contribution >= 4 is 17.8 Å². The summed E-state index contributed by atoms with van der Waals surface area (Å²) in [7, 11) is 0. The third-order valence-corrected chi connectivity index (χ3v) is 8.12. The Balaban J connectivity index is 0.000000194. The molecule has 0 bridgehead atoms. The van der Waals surface area contributed by atoms with E-state index in [0.717, 1.165) is 66.7 Å². The number of nitrogens with zero attached hydrogens (tertiary/aromatic N) is 3. The number of rotatable bonds is 6. The number of carboxylic acid groups (broad SMARTS) is 1. The standard InChI is InChI=1S/C22H21FN2O2.C13H14FNO3/c1-2-27-22(26)20-18-5-3-4-14-25(18)21(16-6-8-17(23)9-7-16)19(20)15-10-12-24-13-11-15;14-10-6-4-9(5-7-10)12(16)15-8-2-1-3-11(15)13(17)18/h6-13H,2-5,14H2,1H3;4-7,11H,1-3,8H2,(H,17,18). The zero-order chi connectivity index (χ0) is 31.9. The minimum absolute atomic E-state index is 0.278. The fourth-order valence-electron chi connectivity index (χ4n) is 6.06. The molecule has 0 saturated carbocycles. The van der Waals surface area contributed by atoms with E-state index >= 15 is 0 Å². The van der Waals surface area contributed by atoms with Crippen LogP contribution in [0.3, 0.4) is 0 Å². The van der Waals surface area contributed by atoms with Gasteiger partial charge < -0.3 is 19.3 Å². The molecule has 1 unspecified atom stereocenters. The molecule has 2 aromatic heterocycles. The van der Waals surface area contributed by atoms with E-state index in [1.807, 2.05) is 19.1 Å². The Kier molecular flexibility index (Phi) is 10.0. The molecule has 0 spiro atoms. The van der Waals surface area contributed by atoms with Crippen molar-refractivity contribution in [1.29, 1.82) is 0 Å². The molecule has 4 heterocycles. The summed E-state index contributed by atoms with van der Waals surface area (Å²) < 4.78 is 33.9. The minimum Gasteiger partial charge on any atom is -0.480 e. The molecule has 4 aromatic rings. The average Bonchev–Trinajstić information content (AvgIpc) is 3.41. The molecular weight excluding hydrogens is 580 g/mol. The SMILES string of the molecule is CCOC(=O)c1c(-c2ccncc2)c(-c2ccc(F)cc2)n2c1CCCC2.O=C(O)C1CCCCN1C(=O)c1ccc(F)cc1. The molecule has 2 aliphatic heterocycles. The molecule has 6 rings (SSSR count). The number of hydrogen-bond donors (Lipinski definition) is 1. The third-order valence-electron chi connectivity index (χ3n) is 8.12. The fraction of sp³-hybridized carbons (Fsp3) is 0.314. The first kappa shape index (κ1) is 31.6. The Morgan fingerprint density at radius 3 is 2.16 bits per heavy atom. The summed E-state index contributed by atoms with van der Waals surface area (Å²) in [6.07, 6.45) is 8.43. The number of aliphatic carboxylic acids is 1. The quantitative estimate of drug-likeness (QED) is 0.240. The first-order valence-corrected chi connectivity index (χ1v) is 15.2. The number of fused-ring (bicyclic) bond motifs is 1. The van der Waals surface area contributed by atoms with Crippen LogP contribution in [0.25, 0.3) is 22.4 Å². The van der Waals surface area contributed by atoms with Crippen molar-refractivity contribution in [3.63, 3.8) is 0 Å². The van der Waals surface area contributed by atoms with Crippen LogP contribution in [0.5, 0.6) is 0 Å². The van der Waals surface area contributed by atoms with E-state index < -0.39 is 17.8 Å². The number of pyridine rings is 1. The molecule has 0 aliphatic carbocycles. The monoisotopic (exact) mass is 615 g/mol. The van der Waals surface area contributed by atoms with Crippen molar-refractivity contribution in [2.75, 3.05) is 13.2 Å². The van der Waals surface area contributed by atoms with Gasteiger partial charge in [-0.1, -0.05) is 0 Å². The number of amides is 1. The number of hydrogen-bond acceptors (Lipinski definition) is 5. The van der Waals surface area contributed by atoms with Crippen molar-refractivity contribution in [3.05, 3.63) is 102 Å². The number of halogens is 2. The highest BCUT2D eigenvalue weighted by molar-refractivity contribution is 6.03. The number of benzene rings is 2. The number of piperidine rings is 1. The number of ether oxygens (including phenoxy) is 1. The van der Waals surface area contributed by atoms with E-state index in [0.29, 0.717) is 30.7 Å². The lowest BCUT2D eigenvalue weighted by Crippen LogP contribution is -2.47. The van der Waals surface area contributed by atoms with Gasteiger partial charge >= 0.3 is 11.9 Å². The topological polar surface area (TPSA) is 102 Å². The smallest absolute Gasteiger partial charge is 0.340 e. The summed E-state index contributed by atoms with van der Waals surface area (Å²) in [6.45, 7) is 3.41. The Bertz CT molecular complexity index is 1650. The highest BCUT2D eigenvalue weighted by atomic mass is 19.1. The van der Waals surface area contributed by atoms with E-state index in [4.69, 9.17) is 9.84 Å². The van der Waals surface area contributed by atoms with Gasteiger partial charge in [0.2, 0.25) is 0 Å². The van der Waals surface area contributed by atoms with Gasteiger partial charge in [0, 0.05) is 42.3 Å². The minimum atomic E-state index is -0.981. The summed E-state index contributed by atoms with van der Waals surface area (Å²) in [6, 6.07) is 14.6. The van der Waals surface area contributed by atoms with Crippen LogP contribution in [-0.4, -0.2) is 56.6 Å². The number of carboxylic acids is 1. The van der Waals surface area contributed by atoms with Gasteiger partial charge in [-0.15, -0.1) is 0 Å². The van der Waals surface area contributed by atoms with Crippen LogP contribution in [0.4, 0.5) is 8.78 Å². The molecule has 2 aliphatic rings. The number of likely N-dealkylation sites (tertiary alicyclic amines) is 1. The summed E-state index contributed by atoms with van der Waals surface area (Å²) >= 11 is 0. The molecule has 234 valence electrons. The zero-order valence-electron chi connectivity index (χ0n) is 25.0. The average molecular weight is 616 g/mol. The van der Waals surface area contributed by atoms with E-state index in [-0.39, 0.29) is 17.7 Å². The van der Waals surface area contributed by atoms with Gasteiger partial charge in [0.05, 0.1) is 17.9 Å². The van der Waals surface area contributed by atoms with E-state index in [9.17, 15) is 23.2 Å². The van der Waals surface area contributed by atoms with Gasteiger partial charge in [0.1, 0.15) is 17.7 Å². The van der Waals surface area contributed by atoms with E-state index in [1.54, 1.807) is 24.5 Å². The molecule has 1 saturated heterocycles.